The lowest BCUT2D eigenvalue weighted by atomic mass is 9.94. The monoisotopic (exact) mass is 357 g/mol. The first-order chi connectivity index (χ1) is 12.8. The van der Waals surface area contributed by atoms with Crippen LogP contribution in [0.3, 0.4) is 0 Å². The fourth-order valence-corrected chi connectivity index (χ4v) is 4.10. The molecule has 2 saturated heterocycles. The van der Waals surface area contributed by atoms with E-state index >= 15 is 0 Å². The van der Waals surface area contributed by atoms with Crippen molar-refractivity contribution in [2.24, 2.45) is 11.8 Å². The normalized spacial score (nSPS) is 22.5. The molecule has 2 aromatic rings. The molecule has 1 amide bonds. The summed E-state index contributed by atoms with van der Waals surface area (Å²) >= 11 is 0. The van der Waals surface area contributed by atoms with E-state index in [-0.39, 0.29) is 5.91 Å². The van der Waals surface area contributed by atoms with Crippen molar-refractivity contribution in [2.75, 3.05) is 39.5 Å². The molecule has 0 bridgehead atoms. The minimum absolute atomic E-state index is 0.272. The molecule has 1 atom stereocenters. The molecule has 1 aromatic carbocycles. The summed E-state index contributed by atoms with van der Waals surface area (Å²) in [6, 6.07) is 8.20. The van der Waals surface area contributed by atoms with Crippen LogP contribution in [0.15, 0.2) is 34.9 Å². The number of hydrogen-bond donors (Lipinski definition) is 0. The zero-order valence-corrected chi connectivity index (χ0v) is 15.2. The van der Waals surface area contributed by atoms with Gasteiger partial charge in [0.25, 0.3) is 0 Å². The molecule has 0 unspecified atom stereocenters. The number of nitrogens with zero attached hydrogens (tertiary/aromatic N) is 1. The van der Waals surface area contributed by atoms with E-state index in [1.165, 1.54) is 5.56 Å². The second-order valence-electron chi connectivity index (χ2n) is 7.49. The first-order valence-electron chi connectivity index (χ1n) is 9.68. The van der Waals surface area contributed by atoms with Crippen LogP contribution >= 0.6 is 0 Å². The summed E-state index contributed by atoms with van der Waals surface area (Å²) in [5.74, 6) is 1.06. The predicted octanol–water partition coefficient (Wildman–Crippen LogP) is 3.27. The first-order valence-corrected chi connectivity index (χ1v) is 9.68. The molecule has 3 heterocycles. The summed E-state index contributed by atoms with van der Waals surface area (Å²) in [6.07, 6.45) is 5.29. The highest BCUT2D eigenvalue weighted by Gasteiger charge is 2.26. The van der Waals surface area contributed by atoms with Gasteiger partial charge < -0.3 is 18.8 Å². The van der Waals surface area contributed by atoms with E-state index in [2.05, 4.69) is 6.07 Å². The lowest BCUT2D eigenvalue weighted by molar-refractivity contribution is -0.133. The lowest BCUT2D eigenvalue weighted by Gasteiger charge is -2.27. The SMILES string of the molecule is O=C(CC1CCOCC1)N1CCOC[C@H](Cc2cccc3occc23)C1. The largest absolute Gasteiger partial charge is 0.464 e. The number of furan rings is 1. The smallest absolute Gasteiger partial charge is 0.222 e. The second-order valence-corrected chi connectivity index (χ2v) is 7.49. The third-order valence-electron chi connectivity index (χ3n) is 5.59. The van der Waals surface area contributed by atoms with Crippen molar-refractivity contribution < 1.29 is 18.7 Å². The Bertz CT molecular complexity index is 734. The fourth-order valence-electron chi connectivity index (χ4n) is 4.10. The van der Waals surface area contributed by atoms with Gasteiger partial charge in [0.2, 0.25) is 5.91 Å². The van der Waals surface area contributed by atoms with Crippen LogP contribution in [0.5, 0.6) is 0 Å². The van der Waals surface area contributed by atoms with Crippen molar-refractivity contribution in [3.8, 4) is 0 Å². The number of ether oxygens (including phenoxy) is 2. The van der Waals surface area contributed by atoms with Crippen LogP contribution in [0.4, 0.5) is 0 Å². The number of carbonyl (C=O) groups excluding carboxylic acids is 1. The van der Waals surface area contributed by atoms with Crippen molar-refractivity contribution in [2.45, 2.75) is 25.7 Å². The number of benzene rings is 1. The number of rotatable bonds is 4. The van der Waals surface area contributed by atoms with Crippen molar-refractivity contribution in [3.05, 3.63) is 36.1 Å². The molecule has 140 valence electrons. The van der Waals surface area contributed by atoms with Crippen molar-refractivity contribution in [1.29, 1.82) is 0 Å². The zero-order valence-electron chi connectivity index (χ0n) is 15.2. The lowest BCUT2D eigenvalue weighted by Crippen LogP contribution is -2.37. The van der Waals surface area contributed by atoms with Crippen LogP contribution in [0.1, 0.15) is 24.8 Å². The van der Waals surface area contributed by atoms with E-state index in [0.29, 0.717) is 38.0 Å². The quantitative estimate of drug-likeness (QED) is 0.843. The molecule has 0 radical (unpaired) electrons. The van der Waals surface area contributed by atoms with Crippen LogP contribution in [0, 0.1) is 11.8 Å². The molecule has 2 fully saturated rings. The standard InChI is InChI=1S/C21H27NO4/c23-21(13-16-4-8-24-9-5-16)22-7-11-25-15-17(14-22)12-18-2-1-3-20-19(18)6-10-26-20/h1-3,6,10,16-17H,4-5,7-9,11-15H2/t17-/m1/s1. The van der Waals surface area contributed by atoms with E-state index in [1.807, 2.05) is 23.1 Å². The Morgan fingerprint density at radius 1 is 1.08 bits per heavy atom. The van der Waals surface area contributed by atoms with Crippen LogP contribution in [-0.4, -0.2) is 50.3 Å². The fraction of sp³-hybridized carbons (Fsp3) is 0.571. The Morgan fingerprint density at radius 2 is 1.96 bits per heavy atom. The summed E-state index contributed by atoms with van der Waals surface area (Å²) < 4.78 is 16.7. The summed E-state index contributed by atoms with van der Waals surface area (Å²) in [5.41, 5.74) is 2.19. The molecule has 1 aromatic heterocycles. The second kappa shape index (κ2) is 8.23. The van der Waals surface area contributed by atoms with Gasteiger partial charge in [-0.15, -0.1) is 0 Å². The Kier molecular flexibility index (Phi) is 5.56. The molecule has 26 heavy (non-hydrogen) atoms. The van der Waals surface area contributed by atoms with Crippen molar-refractivity contribution in [1.82, 2.24) is 4.90 Å². The van der Waals surface area contributed by atoms with Gasteiger partial charge in [-0.3, -0.25) is 4.79 Å². The maximum atomic E-state index is 12.8. The third kappa shape index (κ3) is 4.10. The Balaban J connectivity index is 1.40. The molecule has 4 rings (SSSR count). The molecule has 0 N–H and O–H groups in total. The van der Waals surface area contributed by atoms with Crippen LogP contribution < -0.4 is 0 Å². The average Bonchev–Trinajstić information content (AvgIpc) is 3.02. The van der Waals surface area contributed by atoms with Gasteiger partial charge in [-0.25, -0.2) is 0 Å². The zero-order chi connectivity index (χ0) is 17.8. The van der Waals surface area contributed by atoms with E-state index in [1.54, 1.807) is 6.26 Å². The van der Waals surface area contributed by atoms with Gasteiger partial charge in [0, 0.05) is 44.0 Å². The number of amides is 1. The molecular formula is C21H27NO4. The van der Waals surface area contributed by atoms with E-state index < -0.39 is 0 Å². The number of hydrogen-bond acceptors (Lipinski definition) is 4. The van der Waals surface area contributed by atoms with Gasteiger partial charge >= 0.3 is 0 Å². The van der Waals surface area contributed by atoms with Gasteiger partial charge in [-0.2, -0.15) is 0 Å². The molecule has 0 spiro atoms. The summed E-state index contributed by atoms with van der Waals surface area (Å²) in [6.45, 7) is 4.39. The number of fused-ring (bicyclic) bond motifs is 1. The van der Waals surface area contributed by atoms with Gasteiger partial charge in [-0.05, 0) is 42.9 Å². The summed E-state index contributed by atoms with van der Waals surface area (Å²) in [7, 11) is 0. The minimum Gasteiger partial charge on any atom is -0.464 e. The molecule has 5 nitrogen and oxygen atoms in total. The maximum absolute atomic E-state index is 12.8. The van der Waals surface area contributed by atoms with Crippen molar-refractivity contribution in [3.63, 3.8) is 0 Å². The van der Waals surface area contributed by atoms with Crippen LogP contribution in [-0.2, 0) is 20.7 Å². The molecule has 0 saturated carbocycles. The molecular weight excluding hydrogens is 330 g/mol. The van der Waals surface area contributed by atoms with Gasteiger partial charge in [-0.1, -0.05) is 12.1 Å². The van der Waals surface area contributed by atoms with E-state index in [4.69, 9.17) is 13.9 Å². The third-order valence-corrected chi connectivity index (χ3v) is 5.59. The highest BCUT2D eigenvalue weighted by molar-refractivity contribution is 5.81. The van der Waals surface area contributed by atoms with Gasteiger partial charge in [0.15, 0.2) is 0 Å². The van der Waals surface area contributed by atoms with E-state index in [9.17, 15) is 4.79 Å². The number of carbonyl (C=O) groups is 1. The van der Waals surface area contributed by atoms with Gasteiger partial charge in [0.1, 0.15) is 5.58 Å². The van der Waals surface area contributed by atoms with Crippen LogP contribution in [0.2, 0.25) is 0 Å². The Labute approximate surface area is 154 Å². The first kappa shape index (κ1) is 17.6. The summed E-state index contributed by atoms with van der Waals surface area (Å²) in [5, 5.41) is 1.16. The van der Waals surface area contributed by atoms with Crippen molar-refractivity contribution >= 4 is 16.9 Å². The molecule has 2 aliphatic heterocycles. The Morgan fingerprint density at radius 3 is 2.85 bits per heavy atom. The van der Waals surface area contributed by atoms with Gasteiger partial charge in [0.05, 0.1) is 19.5 Å². The minimum atomic E-state index is 0.272. The molecule has 2 aliphatic rings. The van der Waals surface area contributed by atoms with E-state index in [0.717, 1.165) is 50.0 Å². The molecule has 0 aliphatic carbocycles. The Hall–Kier alpha value is -1.85. The molecule has 5 heteroatoms. The van der Waals surface area contributed by atoms with Crippen LogP contribution in [0.25, 0.3) is 11.0 Å². The highest BCUT2D eigenvalue weighted by Crippen LogP contribution is 2.25. The summed E-state index contributed by atoms with van der Waals surface area (Å²) in [4.78, 5) is 14.8. The topological polar surface area (TPSA) is 51.9 Å². The average molecular weight is 357 g/mol. The highest BCUT2D eigenvalue weighted by atomic mass is 16.5. The predicted molar refractivity (Wildman–Crippen MR) is 99.0 cm³/mol. The maximum Gasteiger partial charge on any atom is 0.222 e.